The van der Waals surface area contributed by atoms with Gasteiger partial charge in [-0.15, -0.1) is 11.3 Å². The van der Waals surface area contributed by atoms with Crippen LogP contribution < -0.4 is 0 Å². The number of thiazole rings is 1. The summed E-state index contributed by atoms with van der Waals surface area (Å²) in [6.45, 7) is 8.64. The molecule has 1 fully saturated rings. The lowest BCUT2D eigenvalue weighted by Crippen LogP contribution is -2.48. The van der Waals surface area contributed by atoms with Crippen molar-refractivity contribution in [2.45, 2.75) is 32.2 Å². The summed E-state index contributed by atoms with van der Waals surface area (Å²) in [6, 6.07) is 10.2. The van der Waals surface area contributed by atoms with E-state index in [0.29, 0.717) is 37.6 Å². The van der Waals surface area contributed by atoms with Crippen molar-refractivity contribution < 1.29 is 12.8 Å². The summed E-state index contributed by atoms with van der Waals surface area (Å²) in [6.07, 6.45) is 0. The topological polar surface area (TPSA) is 53.5 Å². The molecular formula is C23H26FN3O2S2. The van der Waals surface area contributed by atoms with Crippen LogP contribution in [0.5, 0.6) is 0 Å². The zero-order chi connectivity index (χ0) is 22.2. The van der Waals surface area contributed by atoms with Gasteiger partial charge in [0, 0.05) is 37.1 Å². The lowest BCUT2D eigenvalue weighted by atomic mass is 10.1. The first kappa shape index (κ1) is 22.1. The standard InChI is InChI=1S/C23H26FN3O2S2/c1-16-12-17(2)23(18(3)13-16)31(28,29)27-10-8-26(9-11-27)14-22-25-21(15-30-22)19-4-6-20(24)7-5-19/h4-7,12-13,15H,8-11,14H2,1-3H3. The van der Waals surface area contributed by atoms with E-state index in [1.807, 2.05) is 38.3 Å². The lowest BCUT2D eigenvalue weighted by molar-refractivity contribution is 0.181. The average Bonchev–Trinajstić information content (AvgIpc) is 3.16. The molecule has 1 saturated heterocycles. The predicted molar refractivity (Wildman–Crippen MR) is 122 cm³/mol. The Morgan fingerprint density at radius 2 is 1.61 bits per heavy atom. The number of aromatic nitrogens is 1. The third-order valence-corrected chi connectivity index (χ3v) is 8.62. The second-order valence-electron chi connectivity index (χ2n) is 8.04. The minimum atomic E-state index is -3.51. The minimum absolute atomic E-state index is 0.261. The maximum atomic E-state index is 13.3. The largest absolute Gasteiger partial charge is 0.294 e. The molecule has 2 heterocycles. The van der Waals surface area contributed by atoms with Crippen molar-refractivity contribution in [2.75, 3.05) is 26.2 Å². The molecule has 0 N–H and O–H groups in total. The van der Waals surface area contributed by atoms with E-state index < -0.39 is 10.0 Å². The highest BCUT2D eigenvalue weighted by atomic mass is 32.2. The summed E-state index contributed by atoms with van der Waals surface area (Å²) in [5.74, 6) is -0.261. The Balaban J connectivity index is 1.41. The second-order valence-corrected chi connectivity index (χ2v) is 10.9. The number of aryl methyl sites for hydroxylation is 3. The molecule has 1 aliphatic rings. The van der Waals surface area contributed by atoms with E-state index in [1.54, 1.807) is 27.8 Å². The van der Waals surface area contributed by atoms with Gasteiger partial charge in [0.25, 0.3) is 0 Å². The molecule has 0 atom stereocenters. The van der Waals surface area contributed by atoms with Gasteiger partial charge in [-0.25, -0.2) is 17.8 Å². The summed E-state index contributed by atoms with van der Waals surface area (Å²) < 4.78 is 41.2. The summed E-state index contributed by atoms with van der Waals surface area (Å²) >= 11 is 1.57. The number of nitrogens with zero attached hydrogens (tertiary/aromatic N) is 3. The van der Waals surface area contributed by atoms with E-state index in [-0.39, 0.29) is 5.82 Å². The molecule has 31 heavy (non-hydrogen) atoms. The number of halogens is 1. The molecule has 3 aromatic rings. The van der Waals surface area contributed by atoms with Gasteiger partial charge >= 0.3 is 0 Å². The van der Waals surface area contributed by atoms with Gasteiger partial charge in [-0.1, -0.05) is 17.7 Å². The van der Waals surface area contributed by atoms with Crippen LogP contribution in [0.1, 0.15) is 21.7 Å². The SMILES string of the molecule is Cc1cc(C)c(S(=O)(=O)N2CCN(Cc3nc(-c4ccc(F)cc4)cs3)CC2)c(C)c1. The smallest absolute Gasteiger partial charge is 0.243 e. The second kappa shape index (κ2) is 8.78. The Hall–Kier alpha value is -2.13. The maximum Gasteiger partial charge on any atom is 0.243 e. The van der Waals surface area contributed by atoms with Gasteiger partial charge < -0.3 is 0 Å². The summed E-state index contributed by atoms with van der Waals surface area (Å²) in [5.41, 5.74) is 4.41. The first-order chi connectivity index (χ1) is 14.7. The third kappa shape index (κ3) is 4.72. The van der Waals surface area contributed by atoms with Crippen molar-refractivity contribution in [3.05, 3.63) is 69.3 Å². The molecule has 164 valence electrons. The number of hydrogen-bond acceptors (Lipinski definition) is 5. The molecule has 5 nitrogen and oxygen atoms in total. The quantitative estimate of drug-likeness (QED) is 0.568. The van der Waals surface area contributed by atoms with Crippen LogP contribution in [0.4, 0.5) is 4.39 Å². The number of hydrogen-bond donors (Lipinski definition) is 0. The maximum absolute atomic E-state index is 13.3. The summed E-state index contributed by atoms with van der Waals surface area (Å²) in [7, 11) is -3.51. The van der Waals surface area contributed by atoms with Crippen LogP contribution >= 0.6 is 11.3 Å². The molecule has 1 aliphatic heterocycles. The van der Waals surface area contributed by atoms with Gasteiger partial charge in [0.05, 0.1) is 17.1 Å². The van der Waals surface area contributed by atoms with Crippen molar-refractivity contribution in [2.24, 2.45) is 0 Å². The Labute approximate surface area is 187 Å². The molecule has 4 rings (SSSR count). The molecule has 0 spiro atoms. The molecule has 8 heteroatoms. The zero-order valence-electron chi connectivity index (χ0n) is 17.9. The van der Waals surface area contributed by atoms with Crippen LogP contribution in [0.15, 0.2) is 46.7 Å². The van der Waals surface area contributed by atoms with Crippen molar-refractivity contribution in [1.29, 1.82) is 0 Å². The lowest BCUT2D eigenvalue weighted by Gasteiger charge is -2.34. The van der Waals surface area contributed by atoms with Gasteiger partial charge in [0.1, 0.15) is 10.8 Å². The molecule has 0 radical (unpaired) electrons. The molecule has 0 amide bonds. The van der Waals surface area contributed by atoms with Crippen molar-refractivity contribution in [3.63, 3.8) is 0 Å². The molecule has 2 aromatic carbocycles. The number of sulfonamides is 1. The summed E-state index contributed by atoms with van der Waals surface area (Å²) in [4.78, 5) is 7.34. The van der Waals surface area contributed by atoms with Crippen LogP contribution in [0.25, 0.3) is 11.3 Å². The van der Waals surface area contributed by atoms with E-state index in [2.05, 4.69) is 9.88 Å². The third-order valence-electron chi connectivity index (χ3n) is 5.58. The monoisotopic (exact) mass is 459 g/mol. The molecule has 0 saturated carbocycles. The highest BCUT2D eigenvalue weighted by Crippen LogP contribution is 2.27. The molecule has 1 aromatic heterocycles. The number of benzene rings is 2. The first-order valence-electron chi connectivity index (χ1n) is 10.2. The van der Waals surface area contributed by atoms with E-state index in [0.717, 1.165) is 33.0 Å². The molecule has 0 unspecified atom stereocenters. The van der Waals surface area contributed by atoms with Crippen LogP contribution in [0, 0.1) is 26.6 Å². The predicted octanol–water partition coefficient (Wildman–Crippen LogP) is 4.38. The van der Waals surface area contributed by atoms with Crippen LogP contribution in [-0.2, 0) is 16.6 Å². The van der Waals surface area contributed by atoms with Crippen molar-refractivity contribution >= 4 is 21.4 Å². The van der Waals surface area contributed by atoms with Crippen molar-refractivity contribution in [3.8, 4) is 11.3 Å². The fraction of sp³-hybridized carbons (Fsp3) is 0.348. The molecule has 0 bridgehead atoms. The molecular weight excluding hydrogens is 433 g/mol. The van der Waals surface area contributed by atoms with Gasteiger partial charge in [0.2, 0.25) is 10.0 Å². The van der Waals surface area contributed by atoms with Gasteiger partial charge in [-0.05, 0) is 56.2 Å². The minimum Gasteiger partial charge on any atom is -0.294 e. The molecule has 0 aliphatic carbocycles. The van der Waals surface area contributed by atoms with Gasteiger partial charge in [-0.2, -0.15) is 4.31 Å². The van der Waals surface area contributed by atoms with E-state index in [4.69, 9.17) is 0 Å². The van der Waals surface area contributed by atoms with Crippen LogP contribution in [0.2, 0.25) is 0 Å². The van der Waals surface area contributed by atoms with E-state index in [1.165, 1.54) is 12.1 Å². The summed E-state index contributed by atoms with van der Waals surface area (Å²) in [5, 5.41) is 2.95. The Morgan fingerprint density at radius 3 is 2.23 bits per heavy atom. The highest BCUT2D eigenvalue weighted by molar-refractivity contribution is 7.89. The van der Waals surface area contributed by atoms with E-state index in [9.17, 15) is 12.8 Å². The zero-order valence-corrected chi connectivity index (χ0v) is 19.6. The Kier molecular flexibility index (Phi) is 6.25. The normalized spacial score (nSPS) is 16.0. The van der Waals surface area contributed by atoms with E-state index >= 15 is 0 Å². The average molecular weight is 460 g/mol. The Morgan fingerprint density at radius 1 is 1.00 bits per heavy atom. The van der Waals surface area contributed by atoms with Crippen LogP contribution in [0.3, 0.4) is 0 Å². The van der Waals surface area contributed by atoms with Crippen molar-refractivity contribution in [1.82, 2.24) is 14.2 Å². The first-order valence-corrected chi connectivity index (χ1v) is 12.6. The van der Waals surface area contributed by atoms with Gasteiger partial charge in [-0.3, -0.25) is 4.90 Å². The number of piperazine rings is 1. The van der Waals surface area contributed by atoms with Crippen LogP contribution in [-0.4, -0.2) is 48.8 Å². The fourth-order valence-corrected chi connectivity index (χ4v) is 6.84. The highest BCUT2D eigenvalue weighted by Gasteiger charge is 2.31. The fourth-order valence-electron chi connectivity index (χ4n) is 4.16. The Bertz CT molecular complexity index is 1160. The van der Waals surface area contributed by atoms with Gasteiger partial charge in [0.15, 0.2) is 0 Å². The number of rotatable bonds is 5.